The Morgan fingerprint density at radius 1 is 1.39 bits per heavy atom. The van der Waals surface area contributed by atoms with Crippen LogP contribution in [0.2, 0.25) is 0 Å². The fraction of sp³-hybridized carbons (Fsp3) is 0.550. The quantitative estimate of drug-likeness (QED) is 0.731. The number of benzene rings is 1. The fourth-order valence-corrected chi connectivity index (χ4v) is 4.72. The number of nitrogens with one attached hydrogen (secondary N) is 1. The lowest BCUT2D eigenvalue weighted by atomic mass is 9.96. The van der Waals surface area contributed by atoms with Crippen molar-refractivity contribution in [3.63, 3.8) is 0 Å². The third-order valence-electron chi connectivity index (χ3n) is 5.45. The molecule has 0 radical (unpaired) electrons. The summed E-state index contributed by atoms with van der Waals surface area (Å²) in [6.45, 7) is 5.75. The van der Waals surface area contributed by atoms with Gasteiger partial charge in [0.2, 0.25) is 5.91 Å². The summed E-state index contributed by atoms with van der Waals surface area (Å²) in [5.41, 5.74) is 0.929. The van der Waals surface area contributed by atoms with E-state index in [0.29, 0.717) is 44.0 Å². The van der Waals surface area contributed by atoms with Gasteiger partial charge in [0.1, 0.15) is 0 Å². The molecule has 0 aromatic heterocycles. The molecule has 28 heavy (non-hydrogen) atoms. The smallest absolute Gasteiger partial charge is 0.380 e. The van der Waals surface area contributed by atoms with Crippen molar-refractivity contribution in [3.05, 3.63) is 35.4 Å². The number of carbonyl (C=O) groups is 2. The number of nitrogens with zero attached hydrogens (tertiary/aromatic N) is 3. The van der Waals surface area contributed by atoms with Crippen LogP contribution in [0.1, 0.15) is 44.2 Å². The molecule has 7 nitrogen and oxygen atoms in total. The Hall–Kier alpha value is -2.08. The highest BCUT2D eigenvalue weighted by Crippen LogP contribution is 2.37. The minimum Gasteiger partial charge on any atom is -0.472 e. The summed E-state index contributed by atoms with van der Waals surface area (Å²) >= 11 is 0.817. The van der Waals surface area contributed by atoms with E-state index in [1.807, 2.05) is 27.4 Å². The maximum Gasteiger partial charge on any atom is 0.380 e. The SMILES string of the molecule is CC(C)CC1NC2(CCN(SC(=O)O)CC2)N(Cc2ccccc2C#N)C1=O. The first kappa shape index (κ1) is 20.6. The van der Waals surface area contributed by atoms with Gasteiger partial charge in [0.15, 0.2) is 0 Å². The summed E-state index contributed by atoms with van der Waals surface area (Å²) in [4.78, 5) is 26.1. The van der Waals surface area contributed by atoms with E-state index in [0.717, 1.165) is 23.9 Å². The Morgan fingerprint density at radius 3 is 2.68 bits per heavy atom. The van der Waals surface area contributed by atoms with E-state index in [1.165, 1.54) is 0 Å². The molecule has 0 saturated carbocycles. The molecule has 8 heteroatoms. The zero-order valence-corrected chi connectivity index (χ0v) is 17.0. The Balaban J connectivity index is 1.84. The normalized spacial score (nSPS) is 22.0. The zero-order valence-electron chi connectivity index (χ0n) is 16.2. The molecule has 1 spiro atoms. The van der Waals surface area contributed by atoms with Crippen molar-refractivity contribution in [1.29, 1.82) is 5.26 Å². The Morgan fingerprint density at radius 2 is 2.07 bits per heavy atom. The van der Waals surface area contributed by atoms with Gasteiger partial charge in [0, 0.05) is 31.6 Å². The van der Waals surface area contributed by atoms with E-state index in [1.54, 1.807) is 6.07 Å². The van der Waals surface area contributed by atoms with Gasteiger partial charge in [0.05, 0.1) is 23.3 Å². The van der Waals surface area contributed by atoms with E-state index < -0.39 is 11.0 Å². The van der Waals surface area contributed by atoms with Crippen LogP contribution < -0.4 is 5.32 Å². The number of carbonyl (C=O) groups excluding carboxylic acids is 1. The van der Waals surface area contributed by atoms with Crippen molar-refractivity contribution in [3.8, 4) is 6.07 Å². The van der Waals surface area contributed by atoms with Gasteiger partial charge < -0.3 is 10.0 Å². The molecule has 2 fully saturated rings. The molecule has 1 aromatic carbocycles. The second-order valence-electron chi connectivity index (χ2n) is 7.84. The molecule has 1 atom stereocenters. The highest BCUT2D eigenvalue weighted by molar-refractivity contribution is 8.11. The molecule has 2 N–H and O–H groups in total. The molecule has 3 rings (SSSR count). The molecular formula is C20H26N4O3S. The van der Waals surface area contributed by atoms with Gasteiger partial charge in [-0.3, -0.25) is 10.1 Å². The van der Waals surface area contributed by atoms with Crippen LogP contribution in [0.5, 0.6) is 0 Å². The van der Waals surface area contributed by atoms with Crippen LogP contribution in [-0.2, 0) is 11.3 Å². The largest absolute Gasteiger partial charge is 0.472 e. The van der Waals surface area contributed by atoms with Gasteiger partial charge in [0.25, 0.3) is 0 Å². The number of rotatable bonds is 5. The van der Waals surface area contributed by atoms with Gasteiger partial charge >= 0.3 is 5.30 Å². The number of hydrogen-bond acceptors (Lipinski definition) is 6. The van der Waals surface area contributed by atoms with Gasteiger partial charge in [-0.25, -0.2) is 9.10 Å². The Labute approximate surface area is 169 Å². The van der Waals surface area contributed by atoms with Crippen LogP contribution in [0.15, 0.2) is 24.3 Å². The fourth-order valence-electron chi connectivity index (χ4n) is 4.13. The second kappa shape index (κ2) is 8.52. The standard InChI is InChI=1S/C20H26N4O3S/c1-14(2)11-17-18(25)24(13-16-6-4-3-5-15(16)12-21)20(22-17)7-9-23(10-8-20)28-19(26)27/h3-6,14,17,22H,7-11,13H2,1-2H3,(H,26,27). The lowest BCUT2D eigenvalue weighted by molar-refractivity contribution is -0.134. The zero-order chi connectivity index (χ0) is 20.3. The molecular weight excluding hydrogens is 376 g/mol. The lowest BCUT2D eigenvalue weighted by Crippen LogP contribution is -2.57. The highest BCUT2D eigenvalue weighted by Gasteiger charge is 2.51. The van der Waals surface area contributed by atoms with Crippen LogP contribution >= 0.6 is 11.9 Å². The number of carboxylic acid groups (broad SMARTS) is 1. The van der Waals surface area contributed by atoms with Crippen molar-refractivity contribution >= 4 is 23.2 Å². The molecule has 1 aromatic rings. The summed E-state index contributed by atoms with van der Waals surface area (Å²) < 4.78 is 1.83. The Bertz CT molecular complexity index is 784. The van der Waals surface area contributed by atoms with Crippen molar-refractivity contribution in [1.82, 2.24) is 14.5 Å². The molecule has 2 heterocycles. The van der Waals surface area contributed by atoms with Crippen molar-refractivity contribution in [2.45, 2.75) is 51.4 Å². The van der Waals surface area contributed by atoms with Crippen LogP contribution in [0.3, 0.4) is 0 Å². The van der Waals surface area contributed by atoms with Crippen LogP contribution in [-0.4, -0.2) is 50.3 Å². The summed E-state index contributed by atoms with van der Waals surface area (Å²) in [5.74, 6) is 0.452. The van der Waals surface area contributed by atoms with Gasteiger partial charge in [-0.1, -0.05) is 32.0 Å². The van der Waals surface area contributed by atoms with Crippen molar-refractivity contribution < 1.29 is 14.7 Å². The molecule has 2 aliphatic heterocycles. The first-order chi connectivity index (χ1) is 13.3. The molecule has 2 aliphatic rings. The summed E-state index contributed by atoms with van der Waals surface area (Å²) in [6, 6.07) is 9.34. The van der Waals surface area contributed by atoms with Crippen molar-refractivity contribution in [2.24, 2.45) is 5.92 Å². The van der Waals surface area contributed by atoms with E-state index >= 15 is 0 Å². The minimum absolute atomic E-state index is 0.0702. The monoisotopic (exact) mass is 402 g/mol. The van der Waals surface area contributed by atoms with Gasteiger partial charge in [-0.15, -0.1) is 0 Å². The second-order valence-corrected chi connectivity index (χ2v) is 8.89. The number of hydrogen-bond donors (Lipinski definition) is 2. The van der Waals surface area contributed by atoms with E-state index in [4.69, 9.17) is 5.11 Å². The van der Waals surface area contributed by atoms with Gasteiger partial charge in [-0.2, -0.15) is 5.26 Å². The first-order valence-electron chi connectivity index (χ1n) is 9.57. The van der Waals surface area contributed by atoms with E-state index in [2.05, 4.69) is 25.2 Å². The molecule has 0 aliphatic carbocycles. The average molecular weight is 403 g/mol. The van der Waals surface area contributed by atoms with E-state index in [-0.39, 0.29) is 11.9 Å². The molecule has 150 valence electrons. The topological polar surface area (TPSA) is 96.7 Å². The van der Waals surface area contributed by atoms with Crippen LogP contribution in [0, 0.1) is 17.2 Å². The van der Waals surface area contributed by atoms with Gasteiger partial charge in [-0.05, 0) is 36.8 Å². The predicted octanol–water partition coefficient (Wildman–Crippen LogP) is 3.02. The molecule has 0 bridgehead atoms. The van der Waals surface area contributed by atoms with Crippen LogP contribution in [0.25, 0.3) is 0 Å². The van der Waals surface area contributed by atoms with Crippen LogP contribution in [0.4, 0.5) is 4.79 Å². The maximum absolute atomic E-state index is 13.2. The highest BCUT2D eigenvalue weighted by atomic mass is 32.2. The third-order valence-corrected chi connectivity index (χ3v) is 6.23. The minimum atomic E-state index is -0.913. The first-order valence-corrected chi connectivity index (χ1v) is 10.3. The number of nitriles is 1. The van der Waals surface area contributed by atoms with Crippen molar-refractivity contribution in [2.75, 3.05) is 13.1 Å². The molecule has 2 saturated heterocycles. The third kappa shape index (κ3) is 4.32. The molecule has 1 unspecified atom stereocenters. The Kier molecular flexibility index (Phi) is 6.28. The maximum atomic E-state index is 13.2. The molecule has 1 amide bonds. The average Bonchev–Trinajstić information content (AvgIpc) is 2.89. The predicted molar refractivity (Wildman–Crippen MR) is 107 cm³/mol. The summed E-state index contributed by atoms with van der Waals surface area (Å²) in [6.07, 6.45) is 2.06. The number of piperidine rings is 1. The summed E-state index contributed by atoms with van der Waals surface area (Å²) in [5, 5.41) is 21.1. The van der Waals surface area contributed by atoms with E-state index in [9.17, 15) is 14.9 Å². The summed E-state index contributed by atoms with van der Waals surface area (Å²) in [7, 11) is 0. The lowest BCUT2D eigenvalue weighted by Gasteiger charge is -2.44. The number of amides is 1.